The SMILES string of the molecule is CCNC(=NCC(C)(O)c1ccco1)NCC1(Cc2ccccc2)CC1.I. The fraction of sp³-hybridized carbons (Fsp3) is 0.476. The molecular formula is C21H30IN3O2. The predicted molar refractivity (Wildman–Crippen MR) is 119 cm³/mol. The van der Waals surface area contributed by atoms with Crippen molar-refractivity contribution in [1.29, 1.82) is 0 Å². The highest BCUT2D eigenvalue weighted by Gasteiger charge is 2.42. The maximum absolute atomic E-state index is 10.6. The molecule has 0 saturated heterocycles. The third-order valence-corrected chi connectivity index (χ3v) is 4.95. The number of furan rings is 1. The monoisotopic (exact) mass is 483 g/mol. The fourth-order valence-electron chi connectivity index (χ4n) is 3.13. The Balaban J connectivity index is 0.00000261. The van der Waals surface area contributed by atoms with Crippen LogP contribution in [-0.4, -0.2) is 30.7 Å². The van der Waals surface area contributed by atoms with E-state index in [-0.39, 0.29) is 30.5 Å². The molecule has 1 heterocycles. The van der Waals surface area contributed by atoms with Crippen LogP contribution in [0.1, 0.15) is 38.0 Å². The van der Waals surface area contributed by atoms with Crippen molar-refractivity contribution in [3.63, 3.8) is 0 Å². The van der Waals surface area contributed by atoms with E-state index in [2.05, 4.69) is 46.0 Å². The molecule has 3 N–H and O–H groups in total. The molecule has 0 spiro atoms. The number of hydrogen-bond donors (Lipinski definition) is 3. The van der Waals surface area contributed by atoms with Crippen LogP contribution in [0.2, 0.25) is 0 Å². The van der Waals surface area contributed by atoms with Crippen molar-refractivity contribution in [2.75, 3.05) is 19.6 Å². The minimum absolute atomic E-state index is 0. The molecular weight excluding hydrogens is 453 g/mol. The number of guanidine groups is 1. The molecule has 0 aliphatic heterocycles. The van der Waals surface area contributed by atoms with E-state index in [1.807, 2.05) is 6.92 Å². The molecule has 5 nitrogen and oxygen atoms in total. The van der Waals surface area contributed by atoms with Crippen LogP contribution in [-0.2, 0) is 12.0 Å². The summed E-state index contributed by atoms with van der Waals surface area (Å²) < 4.78 is 5.32. The van der Waals surface area contributed by atoms with Gasteiger partial charge in [-0.2, -0.15) is 0 Å². The summed E-state index contributed by atoms with van der Waals surface area (Å²) in [5, 5.41) is 17.3. The third kappa shape index (κ3) is 6.24. The minimum Gasteiger partial charge on any atom is -0.466 e. The molecule has 1 fully saturated rings. The van der Waals surface area contributed by atoms with Gasteiger partial charge in [0.25, 0.3) is 0 Å². The number of hydrogen-bond acceptors (Lipinski definition) is 3. The van der Waals surface area contributed by atoms with Crippen molar-refractivity contribution in [2.45, 2.75) is 38.7 Å². The Morgan fingerprint density at radius 2 is 1.93 bits per heavy atom. The van der Waals surface area contributed by atoms with Gasteiger partial charge < -0.3 is 20.2 Å². The average Bonchev–Trinajstić information content (AvgIpc) is 3.16. The summed E-state index contributed by atoms with van der Waals surface area (Å²) in [6.45, 7) is 5.66. The van der Waals surface area contributed by atoms with Crippen LogP contribution in [0, 0.1) is 5.41 Å². The van der Waals surface area contributed by atoms with E-state index >= 15 is 0 Å². The largest absolute Gasteiger partial charge is 0.466 e. The van der Waals surface area contributed by atoms with Crippen LogP contribution in [0.15, 0.2) is 58.1 Å². The van der Waals surface area contributed by atoms with Gasteiger partial charge in [0.05, 0.1) is 12.8 Å². The standard InChI is InChI=1S/C21H29N3O2.HI/c1-3-22-19(23-15-20(2,25)18-10-7-13-26-18)24-16-21(11-12-21)14-17-8-5-4-6-9-17;/h4-10,13,25H,3,11-12,14-16H2,1-2H3,(H2,22,23,24);1H. The molecule has 27 heavy (non-hydrogen) atoms. The quantitative estimate of drug-likeness (QED) is 0.305. The van der Waals surface area contributed by atoms with E-state index in [1.165, 1.54) is 18.4 Å². The Kier molecular flexibility index (Phi) is 7.73. The molecule has 1 saturated carbocycles. The van der Waals surface area contributed by atoms with Gasteiger partial charge in [-0.05, 0) is 56.2 Å². The minimum atomic E-state index is -1.12. The summed E-state index contributed by atoms with van der Waals surface area (Å²) in [6.07, 6.45) is 5.12. The lowest BCUT2D eigenvalue weighted by atomic mass is 9.96. The van der Waals surface area contributed by atoms with Crippen molar-refractivity contribution in [1.82, 2.24) is 10.6 Å². The van der Waals surface area contributed by atoms with Crippen LogP contribution >= 0.6 is 24.0 Å². The molecule has 1 unspecified atom stereocenters. The van der Waals surface area contributed by atoms with E-state index in [4.69, 9.17) is 4.42 Å². The number of halogens is 1. The molecule has 0 radical (unpaired) electrons. The first-order chi connectivity index (χ1) is 12.5. The number of rotatable bonds is 8. The molecule has 2 aromatic rings. The molecule has 1 aromatic heterocycles. The summed E-state index contributed by atoms with van der Waals surface area (Å²) in [5.74, 6) is 1.26. The molecule has 148 valence electrons. The Labute approximate surface area is 178 Å². The van der Waals surface area contributed by atoms with E-state index in [1.54, 1.807) is 25.3 Å². The van der Waals surface area contributed by atoms with Crippen LogP contribution in [0.3, 0.4) is 0 Å². The number of nitrogens with one attached hydrogen (secondary N) is 2. The van der Waals surface area contributed by atoms with Gasteiger partial charge in [-0.15, -0.1) is 24.0 Å². The highest BCUT2D eigenvalue weighted by molar-refractivity contribution is 14.0. The summed E-state index contributed by atoms with van der Waals surface area (Å²) >= 11 is 0. The number of aliphatic imine (C=N–C) groups is 1. The van der Waals surface area contributed by atoms with Crippen molar-refractivity contribution in [3.05, 3.63) is 60.1 Å². The second-order valence-electron chi connectivity index (χ2n) is 7.46. The number of nitrogens with zero attached hydrogens (tertiary/aromatic N) is 1. The summed E-state index contributed by atoms with van der Waals surface area (Å²) in [7, 11) is 0. The summed E-state index contributed by atoms with van der Waals surface area (Å²) in [4.78, 5) is 4.56. The molecule has 3 rings (SSSR count). The van der Waals surface area contributed by atoms with E-state index < -0.39 is 5.60 Å². The molecule has 1 aliphatic rings. The lowest BCUT2D eigenvalue weighted by Gasteiger charge is -2.21. The first-order valence-corrected chi connectivity index (χ1v) is 9.35. The van der Waals surface area contributed by atoms with Crippen LogP contribution in [0.4, 0.5) is 0 Å². The maximum atomic E-state index is 10.6. The lowest BCUT2D eigenvalue weighted by Crippen LogP contribution is -2.41. The number of aliphatic hydroxyl groups is 1. The Morgan fingerprint density at radius 3 is 2.52 bits per heavy atom. The Morgan fingerprint density at radius 1 is 1.19 bits per heavy atom. The molecule has 0 bridgehead atoms. The lowest BCUT2D eigenvalue weighted by molar-refractivity contribution is 0.0437. The van der Waals surface area contributed by atoms with Crippen LogP contribution in [0.5, 0.6) is 0 Å². The van der Waals surface area contributed by atoms with Crippen molar-refractivity contribution in [3.8, 4) is 0 Å². The van der Waals surface area contributed by atoms with Crippen LogP contribution in [0.25, 0.3) is 0 Å². The van der Waals surface area contributed by atoms with Gasteiger partial charge in [0.2, 0.25) is 0 Å². The molecule has 1 aliphatic carbocycles. The maximum Gasteiger partial charge on any atom is 0.191 e. The van der Waals surface area contributed by atoms with Gasteiger partial charge in [0.1, 0.15) is 11.4 Å². The van der Waals surface area contributed by atoms with E-state index in [0.29, 0.717) is 11.2 Å². The van der Waals surface area contributed by atoms with Crippen molar-refractivity contribution in [2.24, 2.45) is 10.4 Å². The van der Waals surface area contributed by atoms with Crippen molar-refractivity contribution >= 4 is 29.9 Å². The van der Waals surface area contributed by atoms with Gasteiger partial charge in [0.15, 0.2) is 5.96 Å². The average molecular weight is 483 g/mol. The van der Waals surface area contributed by atoms with Gasteiger partial charge in [-0.1, -0.05) is 30.3 Å². The van der Waals surface area contributed by atoms with Gasteiger partial charge in [-0.3, -0.25) is 0 Å². The van der Waals surface area contributed by atoms with Gasteiger partial charge in [0, 0.05) is 13.1 Å². The Bertz CT molecular complexity index is 710. The zero-order chi connectivity index (χ0) is 18.5. The third-order valence-electron chi connectivity index (χ3n) is 4.95. The second-order valence-corrected chi connectivity index (χ2v) is 7.46. The Hall–Kier alpha value is -1.54. The normalized spacial score (nSPS) is 17.5. The molecule has 0 amide bonds. The van der Waals surface area contributed by atoms with Crippen molar-refractivity contribution < 1.29 is 9.52 Å². The zero-order valence-electron chi connectivity index (χ0n) is 16.1. The summed E-state index contributed by atoms with van der Waals surface area (Å²) in [6, 6.07) is 14.2. The van der Waals surface area contributed by atoms with E-state index in [9.17, 15) is 5.11 Å². The second kappa shape index (κ2) is 9.59. The first-order valence-electron chi connectivity index (χ1n) is 9.35. The topological polar surface area (TPSA) is 69.8 Å². The molecule has 6 heteroatoms. The van der Waals surface area contributed by atoms with E-state index in [0.717, 1.165) is 25.5 Å². The zero-order valence-corrected chi connectivity index (χ0v) is 18.4. The highest BCUT2D eigenvalue weighted by atomic mass is 127. The van der Waals surface area contributed by atoms with Crippen LogP contribution < -0.4 is 10.6 Å². The first kappa shape index (κ1) is 21.8. The summed E-state index contributed by atoms with van der Waals surface area (Å²) in [5.41, 5.74) is 0.586. The van der Waals surface area contributed by atoms with Gasteiger partial charge >= 0.3 is 0 Å². The smallest absolute Gasteiger partial charge is 0.191 e. The fourth-order valence-corrected chi connectivity index (χ4v) is 3.13. The molecule has 1 aromatic carbocycles. The number of benzene rings is 1. The highest BCUT2D eigenvalue weighted by Crippen LogP contribution is 2.47. The molecule has 1 atom stereocenters. The van der Waals surface area contributed by atoms with Gasteiger partial charge in [-0.25, -0.2) is 4.99 Å². The predicted octanol–water partition coefficient (Wildman–Crippen LogP) is 3.68.